The predicted molar refractivity (Wildman–Crippen MR) is 97.5 cm³/mol. The van der Waals surface area contributed by atoms with Crippen LogP contribution >= 0.6 is 0 Å². The SMILES string of the molecule is O=C(O)c1cccc(Oc2ccc(N3C(=O)c4ccccc4C3=O)cc2)c1. The Morgan fingerprint density at radius 2 is 1.41 bits per heavy atom. The molecular formula is C21H13NO5. The summed E-state index contributed by atoms with van der Waals surface area (Å²) in [6.45, 7) is 0. The van der Waals surface area contributed by atoms with Crippen molar-refractivity contribution < 1.29 is 24.2 Å². The lowest BCUT2D eigenvalue weighted by Crippen LogP contribution is -2.29. The lowest BCUT2D eigenvalue weighted by atomic mass is 10.1. The number of hydrogen-bond acceptors (Lipinski definition) is 4. The fourth-order valence-electron chi connectivity index (χ4n) is 2.92. The molecular weight excluding hydrogens is 346 g/mol. The molecule has 1 aliphatic heterocycles. The van der Waals surface area contributed by atoms with Crippen LogP contribution in [-0.2, 0) is 0 Å². The Kier molecular flexibility index (Phi) is 3.93. The Hall–Kier alpha value is -3.93. The van der Waals surface area contributed by atoms with E-state index < -0.39 is 5.97 Å². The molecule has 132 valence electrons. The minimum atomic E-state index is -1.04. The minimum absolute atomic E-state index is 0.121. The molecule has 0 aliphatic carbocycles. The van der Waals surface area contributed by atoms with Crippen molar-refractivity contribution in [2.75, 3.05) is 4.90 Å². The number of anilines is 1. The van der Waals surface area contributed by atoms with Crippen LogP contribution in [0, 0.1) is 0 Å². The number of carboxylic acids is 1. The fraction of sp³-hybridized carbons (Fsp3) is 0. The molecule has 0 saturated carbocycles. The number of rotatable bonds is 4. The van der Waals surface area contributed by atoms with Crippen LogP contribution in [0.1, 0.15) is 31.1 Å². The molecule has 3 aromatic carbocycles. The first-order chi connectivity index (χ1) is 13.0. The van der Waals surface area contributed by atoms with Gasteiger partial charge in [0.1, 0.15) is 11.5 Å². The number of ether oxygens (including phenoxy) is 1. The molecule has 6 nitrogen and oxygen atoms in total. The second kappa shape index (κ2) is 6.42. The van der Waals surface area contributed by atoms with Crippen LogP contribution in [0.3, 0.4) is 0 Å². The average molecular weight is 359 g/mol. The van der Waals surface area contributed by atoms with Crippen molar-refractivity contribution in [2.24, 2.45) is 0 Å². The highest BCUT2D eigenvalue weighted by atomic mass is 16.5. The first-order valence-electron chi connectivity index (χ1n) is 8.14. The van der Waals surface area contributed by atoms with Crippen molar-refractivity contribution in [1.82, 2.24) is 0 Å². The maximum Gasteiger partial charge on any atom is 0.335 e. The zero-order valence-electron chi connectivity index (χ0n) is 14.0. The number of hydrogen-bond donors (Lipinski definition) is 1. The van der Waals surface area contributed by atoms with Crippen molar-refractivity contribution in [2.45, 2.75) is 0 Å². The van der Waals surface area contributed by atoms with Crippen LogP contribution in [0.25, 0.3) is 0 Å². The Morgan fingerprint density at radius 1 is 0.778 bits per heavy atom. The fourth-order valence-corrected chi connectivity index (χ4v) is 2.92. The van der Waals surface area contributed by atoms with E-state index in [0.29, 0.717) is 28.3 Å². The van der Waals surface area contributed by atoms with Gasteiger partial charge in [0.2, 0.25) is 0 Å². The maximum absolute atomic E-state index is 12.5. The van der Waals surface area contributed by atoms with Gasteiger partial charge in [0, 0.05) is 0 Å². The zero-order chi connectivity index (χ0) is 19.0. The molecule has 0 unspecified atom stereocenters. The van der Waals surface area contributed by atoms with Crippen LogP contribution in [0.5, 0.6) is 11.5 Å². The number of carbonyl (C=O) groups is 3. The third kappa shape index (κ3) is 2.93. The maximum atomic E-state index is 12.5. The number of aromatic carboxylic acids is 1. The molecule has 1 heterocycles. The van der Waals surface area contributed by atoms with Gasteiger partial charge in [-0.1, -0.05) is 18.2 Å². The Labute approximate surface area is 154 Å². The van der Waals surface area contributed by atoms with Crippen molar-refractivity contribution in [3.8, 4) is 11.5 Å². The monoisotopic (exact) mass is 359 g/mol. The van der Waals surface area contributed by atoms with Crippen LogP contribution in [0.2, 0.25) is 0 Å². The van der Waals surface area contributed by atoms with E-state index in [1.54, 1.807) is 60.7 Å². The van der Waals surface area contributed by atoms with Gasteiger partial charge in [-0.3, -0.25) is 9.59 Å². The molecule has 0 saturated heterocycles. The standard InChI is InChI=1S/C21H13NO5/c23-19-17-6-1-2-7-18(17)20(24)22(19)14-8-10-15(11-9-14)27-16-5-3-4-13(12-16)21(25)26/h1-12H,(H,25,26). The molecule has 27 heavy (non-hydrogen) atoms. The highest BCUT2D eigenvalue weighted by Gasteiger charge is 2.36. The normalized spacial score (nSPS) is 12.8. The van der Waals surface area contributed by atoms with E-state index >= 15 is 0 Å². The molecule has 0 fully saturated rings. The van der Waals surface area contributed by atoms with E-state index in [9.17, 15) is 14.4 Å². The summed E-state index contributed by atoms with van der Waals surface area (Å²) in [5, 5.41) is 9.03. The molecule has 0 bridgehead atoms. The molecule has 4 rings (SSSR count). The van der Waals surface area contributed by atoms with Crippen molar-refractivity contribution in [1.29, 1.82) is 0 Å². The third-order valence-corrected chi connectivity index (χ3v) is 4.21. The predicted octanol–water partition coefficient (Wildman–Crippen LogP) is 3.98. The third-order valence-electron chi connectivity index (χ3n) is 4.21. The molecule has 6 heteroatoms. The average Bonchev–Trinajstić information content (AvgIpc) is 2.94. The van der Waals surface area contributed by atoms with E-state index in [1.165, 1.54) is 12.1 Å². The van der Waals surface area contributed by atoms with Gasteiger partial charge in [0.25, 0.3) is 11.8 Å². The summed E-state index contributed by atoms with van der Waals surface area (Å²) in [6.07, 6.45) is 0. The Balaban J connectivity index is 1.57. The van der Waals surface area contributed by atoms with Gasteiger partial charge < -0.3 is 9.84 Å². The number of nitrogens with zero attached hydrogens (tertiary/aromatic N) is 1. The van der Waals surface area contributed by atoms with Crippen LogP contribution in [-0.4, -0.2) is 22.9 Å². The van der Waals surface area contributed by atoms with E-state index in [1.807, 2.05) is 0 Å². The van der Waals surface area contributed by atoms with Crippen LogP contribution in [0.4, 0.5) is 5.69 Å². The number of amides is 2. The zero-order valence-corrected chi connectivity index (χ0v) is 14.0. The molecule has 0 radical (unpaired) electrons. The van der Waals surface area contributed by atoms with Gasteiger partial charge in [0.05, 0.1) is 22.4 Å². The van der Waals surface area contributed by atoms with E-state index in [2.05, 4.69) is 0 Å². The number of carbonyl (C=O) groups excluding carboxylic acids is 2. The summed E-state index contributed by atoms with van der Waals surface area (Å²) in [5.41, 5.74) is 1.32. The highest BCUT2D eigenvalue weighted by molar-refractivity contribution is 6.34. The van der Waals surface area contributed by atoms with Gasteiger partial charge in [0.15, 0.2) is 0 Å². The molecule has 0 spiro atoms. The first-order valence-corrected chi connectivity index (χ1v) is 8.14. The van der Waals surface area contributed by atoms with Crippen LogP contribution < -0.4 is 9.64 Å². The molecule has 0 aromatic heterocycles. The van der Waals surface area contributed by atoms with E-state index in [4.69, 9.17) is 9.84 Å². The molecule has 0 atom stereocenters. The van der Waals surface area contributed by atoms with E-state index in [0.717, 1.165) is 4.90 Å². The number of imide groups is 1. The molecule has 3 aromatic rings. The van der Waals surface area contributed by atoms with Crippen molar-refractivity contribution >= 4 is 23.5 Å². The van der Waals surface area contributed by atoms with Gasteiger partial charge in [-0.05, 0) is 54.6 Å². The number of carboxylic acid groups (broad SMARTS) is 1. The summed E-state index contributed by atoms with van der Waals surface area (Å²) >= 11 is 0. The quantitative estimate of drug-likeness (QED) is 0.713. The van der Waals surface area contributed by atoms with Gasteiger partial charge >= 0.3 is 5.97 Å². The molecule has 1 N–H and O–H groups in total. The van der Waals surface area contributed by atoms with Crippen molar-refractivity contribution in [3.63, 3.8) is 0 Å². The molecule has 2 amide bonds. The Morgan fingerprint density at radius 3 is 2.00 bits per heavy atom. The molecule has 1 aliphatic rings. The summed E-state index contributed by atoms with van der Waals surface area (Å²) in [7, 11) is 0. The van der Waals surface area contributed by atoms with Crippen molar-refractivity contribution in [3.05, 3.63) is 89.5 Å². The topological polar surface area (TPSA) is 83.9 Å². The second-order valence-electron chi connectivity index (χ2n) is 5.92. The summed E-state index contributed by atoms with van der Waals surface area (Å²) in [5.74, 6) is -0.931. The second-order valence-corrected chi connectivity index (χ2v) is 5.92. The Bertz CT molecular complexity index is 1040. The van der Waals surface area contributed by atoms with Gasteiger partial charge in [-0.2, -0.15) is 0 Å². The lowest BCUT2D eigenvalue weighted by molar-refractivity contribution is 0.0696. The highest BCUT2D eigenvalue weighted by Crippen LogP contribution is 2.30. The van der Waals surface area contributed by atoms with E-state index in [-0.39, 0.29) is 17.4 Å². The largest absolute Gasteiger partial charge is 0.478 e. The number of fused-ring (bicyclic) bond motifs is 1. The summed E-state index contributed by atoms with van der Waals surface area (Å²) in [6, 6.07) is 19.3. The lowest BCUT2D eigenvalue weighted by Gasteiger charge is -2.14. The van der Waals surface area contributed by atoms with Crippen LogP contribution in [0.15, 0.2) is 72.8 Å². The smallest absolute Gasteiger partial charge is 0.335 e. The summed E-state index contributed by atoms with van der Waals surface area (Å²) < 4.78 is 5.65. The first kappa shape index (κ1) is 16.5. The minimum Gasteiger partial charge on any atom is -0.478 e. The van der Waals surface area contributed by atoms with Gasteiger partial charge in [-0.15, -0.1) is 0 Å². The summed E-state index contributed by atoms with van der Waals surface area (Å²) in [4.78, 5) is 37.2. The number of benzene rings is 3. The van der Waals surface area contributed by atoms with Gasteiger partial charge in [-0.25, -0.2) is 9.69 Å².